The molecule has 1 aliphatic rings. The van der Waals surface area contributed by atoms with E-state index in [4.69, 9.17) is 35.8 Å². The monoisotopic (exact) mass is 635 g/mol. The van der Waals surface area contributed by atoms with Crippen LogP contribution < -0.4 is 30.3 Å². The average Bonchev–Trinajstić information content (AvgIpc) is 2.91. The summed E-state index contributed by atoms with van der Waals surface area (Å²) in [4.78, 5) is 24.5. The molecule has 0 spiro atoms. The van der Waals surface area contributed by atoms with Crippen molar-refractivity contribution in [1.29, 1.82) is 5.26 Å². The molecule has 0 fully saturated rings. The third-order valence-corrected chi connectivity index (χ3v) is 6.28. The number of hydrogen-bond acceptors (Lipinski definition) is 10. The molecule has 2 aromatic carbocycles. The third kappa shape index (κ3) is 7.78. The molecule has 12 nitrogen and oxygen atoms in total. The smallest absolute Gasteiger partial charge is 0.337 e. The highest BCUT2D eigenvalue weighted by Crippen LogP contribution is 2.35. The summed E-state index contributed by atoms with van der Waals surface area (Å²) in [6.45, 7) is 3.40. The normalized spacial score (nSPS) is 15.5. The van der Waals surface area contributed by atoms with Gasteiger partial charge >= 0.3 is 12.0 Å². The zero-order valence-electron chi connectivity index (χ0n) is 21.8. The number of allylic oxidation sites excluding steroid dienone is 1. The number of amides is 2. The number of carbonyl (C=O) groups excluding carboxylic acids is 2. The van der Waals surface area contributed by atoms with Crippen molar-refractivity contribution in [3.8, 4) is 23.3 Å². The molecule has 1 heterocycles. The fourth-order valence-electron chi connectivity index (χ4n) is 3.72. The molecular formula is C26H27BrClN5O7. The third-order valence-electron chi connectivity index (χ3n) is 5.41. The largest absolute Gasteiger partial charge is 0.490 e. The first-order valence-corrected chi connectivity index (χ1v) is 13.1. The number of hydrazone groups is 1. The van der Waals surface area contributed by atoms with Gasteiger partial charge in [0, 0.05) is 5.70 Å². The lowest BCUT2D eigenvalue weighted by molar-refractivity contribution is -0.136. The highest BCUT2D eigenvalue weighted by molar-refractivity contribution is 9.10. The summed E-state index contributed by atoms with van der Waals surface area (Å²) < 4.78 is 22.2. The average molecular weight is 637 g/mol. The molecular weight excluding hydrogens is 610 g/mol. The second-order valence-electron chi connectivity index (χ2n) is 8.18. The summed E-state index contributed by atoms with van der Waals surface area (Å²) in [7, 11) is 1.26. The van der Waals surface area contributed by atoms with Gasteiger partial charge in [-0.3, -0.25) is 5.43 Å². The highest BCUT2D eigenvalue weighted by atomic mass is 79.9. The van der Waals surface area contributed by atoms with Gasteiger partial charge in [0.05, 0.1) is 41.0 Å². The van der Waals surface area contributed by atoms with Crippen LogP contribution in [0.5, 0.6) is 17.2 Å². The van der Waals surface area contributed by atoms with Crippen LogP contribution in [-0.2, 0) is 9.53 Å². The number of halogens is 2. The Morgan fingerprint density at radius 2 is 2.08 bits per heavy atom. The van der Waals surface area contributed by atoms with Gasteiger partial charge in [0.15, 0.2) is 30.1 Å². The molecule has 0 unspecified atom stereocenters. The first-order valence-electron chi connectivity index (χ1n) is 11.9. The van der Waals surface area contributed by atoms with E-state index in [-0.39, 0.29) is 23.8 Å². The standard InChI is InChI=1S/C26H27BrClN5O7/c1-4-38-20-11-16(23-22(25(35)37-3)14(2)31-26(36)32-23)5-6-19(20)40-13-21(34)33-30-12-15-9-17(27)24(18(28)10-15)39-8-7-29/h5-6,9-12,21,23,33-34H,4,8,13H2,1-3H3,(H2,31,32,36)/b30-12-/t21-,23+/m0/s1. The molecule has 0 aliphatic carbocycles. The Morgan fingerprint density at radius 1 is 1.30 bits per heavy atom. The Morgan fingerprint density at radius 3 is 2.75 bits per heavy atom. The topological polar surface area (TPSA) is 164 Å². The summed E-state index contributed by atoms with van der Waals surface area (Å²) in [5.41, 5.74) is 4.37. The fraction of sp³-hybridized carbons (Fsp3) is 0.308. The molecule has 40 heavy (non-hydrogen) atoms. The SMILES string of the molecule is CCOc1cc([C@H]2NC(=O)NC(C)=C2C(=O)OC)ccc1OC[C@H](O)N/N=C\c1cc(Cl)c(OCC#N)c(Br)c1. The van der Waals surface area contributed by atoms with Gasteiger partial charge in [-0.1, -0.05) is 17.7 Å². The van der Waals surface area contributed by atoms with E-state index in [1.54, 1.807) is 44.2 Å². The maximum atomic E-state index is 12.4. The lowest BCUT2D eigenvalue weighted by atomic mass is 9.95. The predicted molar refractivity (Wildman–Crippen MR) is 149 cm³/mol. The van der Waals surface area contributed by atoms with Gasteiger partial charge in [0.1, 0.15) is 12.7 Å². The molecule has 14 heteroatoms. The van der Waals surface area contributed by atoms with E-state index >= 15 is 0 Å². The van der Waals surface area contributed by atoms with E-state index in [1.165, 1.54) is 13.3 Å². The Kier molecular flexibility index (Phi) is 11.0. The van der Waals surface area contributed by atoms with Crippen molar-refractivity contribution in [2.24, 2.45) is 5.10 Å². The van der Waals surface area contributed by atoms with Crippen LogP contribution in [0.2, 0.25) is 5.02 Å². The summed E-state index contributed by atoms with van der Waals surface area (Å²) in [5.74, 6) is 0.442. The molecule has 2 aromatic rings. The number of aliphatic hydroxyl groups is 1. The Balaban J connectivity index is 1.68. The van der Waals surface area contributed by atoms with Crippen molar-refractivity contribution < 1.29 is 33.6 Å². The van der Waals surface area contributed by atoms with E-state index < -0.39 is 24.3 Å². The van der Waals surface area contributed by atoms with Crippen molar-refractivity contribution in [3.05, 3.63) is 62.2 Å². The van der Waals surface area contributed by atoms with Gasteiger partial charge in [-0.2, -0.15) is 10.4 Å². The number of urea groups is 1. The van der Waals surface area contributed by atoms with Gasteiger partial charge < -0.3 is 34.7 Å². The summed E-state index contributed by atoms with van der Waals surface area (Å²) >= 11 is 9.54. The Hall–Kier alpha value is -3.99. The van der Waals surface area contributed by atoms with Crippen molar-refractivity contribution in [1.82, 2.24) is 16.1 Å². The van der Waals surface area contributed by atoms with Gasteiger partial charge in [-0.25, -0.2) is 9.59 Å². The number of hydrogen-bond donors (Lipinski definition) is 4. The van der Waals surface area contributed by atoms with E-state index in [0.717, 1.165) is 0 Å². The van der Waals surface area contributed by atoms with Crippen LogP contribution >= 0.6 is 27.5 Å². The first-order chi connectivity index (χ1) is 19.2. The van der Waals surface area contributed by atoms with Crippen LogP contribution in [0, 0.1) is 11.3 Å². The second kappa shape index (κ2) is 14.4. The molecule has 1 aliphatic heterocycles. The number of ether oxygens (including phenoxy) is 4. The van der Waals surface area contributed by atoms with E-state index in [1.807, 2.05) is 6.07 Å². The van der Waals surface area contributed by atoms with Crippen LogP contribution in [0.15, 0.2) is 51.2 Å². The zero-order chi connectivity index (χ0) is 29.2. The van der Waals surface area contributed by atoms with E-state index in [0.29, 0.717) is 45.2 Å². The number of carbonyl (C=O) groups is 2. The Labute approximate surface area is 244 Å². The predicted octanol–water partition coefficient (Wildman–Crippen LogP) is 3.53. The van der Waals surface area contributed by atoms with Gasteiger partial charge in [-0.05, 0) is 65.2 Å². The minimum atomic E-state index is -1.18. The van der Waals surface area contributed by atoms with Crippen LogP contribution in [-0.4, -0.2) is 56.5 Å². The van der Waals surface area contributed by atoms with Crippen LogP contribution in [0.1, 0.15) is 31.0 Å². The van der Waals surface area contributed by atoms with Crippen LogP contribution in [0.4, 0.5) is 4.79 Å². The minimum absolute atomic E-state index is 0.146. The van der Waals surface area contributed by atoms with E-state index in [9.17, 15) is 14.7 Å². The maximum absolute atomic E-state index is 12.4. The highest BCUT2D eigenvalue weighted by Gasteiger charge is 2.32. The number of aliphatic hydroxyl groups excluding tert-OH is 1. The number of nitrogens with zero attached hydrogens (tertiary/aromatic N) is 2. The summed E-state index contributed by atoms with van der Waals surface area (Å²) in [5, 5.41) is 28.6. The van der Waals surface area contributed by atoms with Gasteiger partial charge in [0.25, 0.3) is 0 Å². The first kappa shape index (κ1) is 30.6. The van der Waals surface area contributed by atoms with Gasteiger partial charge in [0.2, 0.25) is 0 Å². The number of nitrogens with one attached hydrogen (secondary N) is 3. The fourth-order valence-corrected chi connectivity index (χ4v) is 4.71. The molecule has 2 amide bonds. The van der Waals surface area contributed by atoms with Crippen molar-refractivity contribution in [2.75, 3.05) is 26.9 Å². The molecule has 4 N–H and O–H groups in total. The second-order valence-corrected chi connectivity index (χ2v) is 9.44. The van der Waals surface area contributed by atoms with E-state index in [2.05, 4.69) is 37.1 Å². The molecule has 212 valence electrons. The summed E-state index contributed by atoms with van der Waals surface area (Å²) in [6.07, 6.45) is 0.263. The van der Waals surface area contributed by atoms with Crippen LogP contribution in [0.3, 0.4) is 0 Å². The zero-order valence-corrected chi connectivity index (χ0v) is 24.1. The number of methoxy groups -OCH3 is 1. The number of benzene rings is 2. The quantitative estimate of drug-likeness (QED) is 0.118. The molecule has 0 bridgehead atoms. The maximum Gasteiger partial charge on any atom is 0.337 e. The van der Waals surface area contributed by atoms with Crippen molar-refractivity contribution in [2.45, 2.75) is 26.1 Å². The van der Waals surface area contributed by atoms with Crippen molar-refractivity contribution in [3.63, 3.8) is 0 Å². The lowest BCUT2D eigenvalue weighted by Crippen LogP contribution is -2.45. The van der Waals surface area contributed by atoms with Crippen LogP contribution in [0.25, 0.3) is 0 Å². The minimum Gasteiger partial charge on any atom is -0.490 e. The Bertz CT molecular complexity index is 1340. The number of rotatable bonds is 12. The molecule has 2 atom stereocenters. The molecule has 0 radical (unpaired) electrons. The number of esters is 1. The lowest BCUT2D eigenvalue weighted by Gasteiger charge is -2.28. The molecule has 0 saturated carbocycles. The molecule has 3 rings (SSSR count). The summed E-state index contributed by atoms with van der Waals surface area (Å²) in [6, 6.07) is 8.87. The van der Waals surface area contributed by atoms with Crippen molar-refractivity contribution >= 4 is 45.7 Å². The van der Waals surface area contributed by atoms with Gasteiger partial charge in [-0.15, -0.1) is 0 Å². The molecule has 0 aromatic heterocycles. The number of nitriles is 1. The molecule has 0 saturated heterocycles.